The molecular formula is C17H27NO3. The predicted octanol–water partition coefficient (Wildman–Crippen LogP) is 3.23. The highest BCUT2D eigenvalue weighted by atomic mass is 16.5. The third kappa shape index (κ3) is 3.89. The Morgan fingerprint density at radius 2 is 2.14 bits per heavy atom. The van der Waals surface area contributed by atoms with Gasteiger partial charge in [-0.3, -0.25) is 0 Å². The highest BCUT2D eigenvalue weighted by Crippen LogP contribution is 2.32. The lowest BCUT2D eigenvalue weighted by Gasteiger charge is -2.40. The highest BCUT2D eigenvalue weighted by Gasteiger charge is 2.34. The van der Waals surface area contributed by atoms with Crippen LogP contribution in [0.2, 0.25) is 0 Å². The molecule has 2 N–H and O–H groups in total. The fourth-order valence-corrected chi connectivity index (χ4v) is 3.04. The fourth-order valence-electron chi connectivity index (χ4n) is 3.04. The van der Waals surface area contributed by atoms with E-state index in [-0.39, 0.29) is 11.4 Å². The lowest BCUT2D eigenvalue weighted by Crippen LogP contribution is -2.46. The van der Waals surface area contributed by atoms with Crippen LogP contribution in [0.25, 0.3) is 0 Å². The van der Waals surface area contributed by atoms with E-state index < -0.39 is 0 Å². The van der Waals surface area contributed by atoms with Crippen LogP contribution < -0.4 is 10.1 Å². The summed E-state index contributed by atoms with van der Waals surface area (Å²) >= 11 is 0. The molecule has 4 heteroatoms. The first-order valence-corrected chi connectivity index (χ1v) is 7.85. The van der Waals surface area contributed by atoms with E-state index in [0.29, 0.717) is 11.8 Å². The van der Waals surface area contributed by atoms with Crippen LogP contribution in [0.4, 0.5) is 0 Å². The number of hydrogen-bond acceptors (Lipinski definition) is 4. The zero-order valence-electron chi connectivity index (χ0n) is 13.3. The van der Waals surface area contributed by atoms with E-state index in [1.807, 2.05) is 12.1 Å². The number of rotatable bonds is 6. The van der Waals surface area contributed by atoms with Gasteiger partial charge in [0.2, 0.25) is 0 Å². The van der Waals surface area contributed by atoms with Gasteiger partial charge in [0.25, 0.3) is 0 Å². The van der Waals surface area contributed by atoms with Crippen LogP contribution in [0.15, 0.2) is 18.2 Å². The van der Waals surface area contributed by atoms with Gasteiger partial charge in [-0.05, 0) is 43.4 Å². The summed E-state index contributed by atoms with van der Waals surface area (Å²) < 4.78 is 11.2. The summed E-state index contributed by atoms with van der Waals surface area (Å²) in [4.78, 5) is 0. The molecule has 0 bridgehead atoms. The number of hydrogen-bond donors (Lipinski definition) is 2. The smallest absolute Gasteiger partial charge is 0.160 e. The van der Waals surface area contributed by atoms with E-state index >= 15 is 0 Å². The zero-order valence-corrected chi connectivity index (χ0v) is 13.3. The van der Waals surface area contributed by atoms with Gasteiger partial charge in [-0.25, -0.2) is 0 Å². The number of nitrogens with one attached hydrogen (secondary N) is 1. The standard InChI is InChI=1S/C17H27NO3/c1-4-17(5-2)11-14(8-9-21-17)18-12-13-6-7-15(19)16(10-13)20-3/h6-7,10,14,18-19H,4-5,8-9,11-12H2,1-3H3. The molecule has 1 aromatic carbocycles. The summed E-state index contributed by atoms with van der Waals surface area (Å²) in [6.45, 7) is 6.02. The van der Waals surface area contributed by atoms with Crippen LogP contribution in [-0.2, 0) is 11.3 Å². The summed E-state index contributed by atoms with van der Waals surface area (Å²) in [7, 11) is 1.57. The Kier molecular flexibility index (Phi) is 5.48. The lowest BCUT2D eigenvalue weighted by molar-refractivity contribution is -0.0932. The van der Waals surface area contributed by atoms with Gasteiger partial charge in [-0.15, -0.1) is 0 Å². The molecule has 1 fully saturated rings. The Morgan fingerprint density at radius 1 is 1.38 bits per heavy atom. The molecule has 21 heavy (non-hydrogen) atoms. The first kappa shape index (κ1) is 16.1. The van der Waals surface area contributed by atoms with Gasteiger partial charge in [0.15, 0.2) is 11.5 Å². The number of aromatic hydroxyl groups is 1. The minimum atomic E-state index is 0.0442. The maximum atomic E-state index is 9.62. The molecule has 1 aromatic rings. The van der Waals surface area contributed by atoms with Crippen molar-refractivity contribution in [1.82, 2.24) is 5.32 Å². The van der Waals surface area contributed by atoms with E-state index in [1.54, 1.807) is 13.2 Å². The van der Waals surface area contributed by atoms with Crippen LogP contribution in [-0.4, -0.2) is 30.5 Å². The maximum absolute atomic E-state index is 9.62. The Bertz CT molecular complexity index is 457. The van der Waals surface area contributed by atoms with Crippen molar-refractivity contribution in [2.45, 2.75) is 57.7 Å². The van der Waals surface area contributed by atoms with Crippen LogP contribution in [0, 0.1) is 0 Å². The molecule has 1 heterocycles. The molecule has 4 nitrogen and oxygen atoms in total. The third-order valence-electron chi connectivity index (χ3n) is 4.62. The number of phenolic OH excluding ortho intramolecular Hbond substituents is 1. The Labute approximate surface area is 127 Å². The highest BCUT2D eigenvalue weighted by molar-refractivity contribution is 5.41. The monoisotopic (exact) mass is 293 g/mol. The molecule has 118 valence electrons. The molecule has 1 aliphatic heterocycles. The van der Waals surface area contributed by atoms with Crippen molar-refractivity contribution in [3.05, 3.63) is 23.8 Å². The molecule has 0 aromatic heterocycles. The van der Waals surface area contributed by atoms with Crippen molar-refractivity contribution < 1.29 is 14.6 Å². The van der Waals surface area contributed by atoms with Gasteiger partial charge in [-0.2, -0.15) is 0 Å². The predicted molar refractivity (Wildman–Crippen MR) is 83.8 cm³/mol. The molecule has 1 aliphatic rings. The molecule has 1 unspecified atom stereocenters. The molecule has 0 aliphatic carbocycles. The van der Waals surface area contributed by atoms with Crippen molar-refractivity contribution in [3.8, 4) is 11.5 Å². The maximum Gasteiger partial charge on any atom is 0.160 e. The second-order valence-corrected chi connectivity index (χ2v) is 5.82. The molecule has 0 saturated carbocycles. The van der Waals surface area contributed by atoms with E-state index in [2.05, 4.69) is 19.2 Å². The second kappa shape index (κ2) is 7.14. The van der Waals surface area contributed by atoms with Crippen molar-refractivity contribution in [2.75, 3.05) is 13.7 Å². The second-order valence-electron chi connectivity index (χ2n) is 5.82. The zero-order chi connectivity index (χ0) is 15.3. The summed E-state index contributed by atoms with van der Waals surface area (Å²) in [5.41, 5.74) is 1.16. The molecular weight excluding hydrogens is 266 g/mol. The average molecular weight is 293 g/mol. The molecule has 2 rings (SSSR count). The van der Waals surface area contributed by atoms with Gasteiger partial charge < -0.3 is 19.9 Å². The minimum absolute atomic E-state index is 0.0442. The summed E-state index contributed by atoms with van der Waals surface area (Å²) in [6, 6.07) is 5.98. The van der Waals surface area contributed by atoms with Crippen LogP contribution in [0.5, 0.6) is 11.5 Å². The number of methoxy groups -OCH3 is 1. The first-order chi connectivity index (χ1) is 10.1. The van der Waals surface area contributed by atoms with E-state index in [1.165, 1.54) is 0 Å². The quantitative estimate of drug-likeness (QED) is 0.845. The van der Waals surface area contributed by atoms with Crippen molar-refractivity contribution >= 4 is 0 Å². The minimum Gasteiger partial charge on any atom is -0.504 e. The van der Waals surface area contributed by atoms with E-state index in [4.69, 9.17) is 9.47 Å². The average Bonchev–Trinajstić information content (AvgIpc) is 2.54. The lowest BCUT2D eigenvalue weighted by atomic mass is 9.86. The van der Waals surface area contributed by atoms with Gasteiger partial charge in [0.05, 0.1) is 12.7 Å². The van der Waals surface area contributed by atoms with Crippen LogP contribution in [0.1, 0.15) is 45.1 Å². The Morgan fingerprint density at radius 3 is 2.81 bits per heavy atom. The van der Waals surface area contributed by atoms with Gasteiger partial charge in [0.1, 0.15) is 0 Å². The Balaban J connectivity index is 1.93. The summed E-state index contributed by atoms with van der Waals surface area (Å²) in [6.07, 6.45) is 4.25. The normalized spacial score (nSPS) is 21.2. The van der Waals surface area contributed by atoms with E-state index in [0.717, 1.165) is 44.4 Å². The Hall–Kier alpha value is -1.26. The first-order valence-electron chi connectivity index (χ1n) is 7.85. The molecule has 0 amide bonds. The van der Waals surface area contributed by atoms with Crippen molar-refractivity contribution in [1.29, 1.82) is 0 Å². The summed E-state index contributed by atoms with van der Waals surface area (Å²) in [5.74, 6) is 0.709. The van der Waals surface area contributed by atoms with Gasteiger partial charge in [0, 0.05) is 19.2 Å². The third-order valence-corrected chi connectivity index (χ3v) is 4.62. The molecule has 1 saturated heterocycles. The fraction of sp³-hybridized carbons (Fsp3) is 0.647. The largest absolute Gasteiger partial charge is 0.504 e. The molecule has 0 spiro atoms. The summed E-state index contributed by atoms with van der Waals surface area (Å²) in [5, 5.41) is 13.2. The molecule has 0 radical (unpaired) electrons. The van der Waals surface area contributed by atoms with Gasteiger partial charge in [-0.1, -0.05) is 19.9 Å². The number of ether oxygens (including phenoxy) is 2. The van der Waals surface area contributed by atoms with Crippen molar-refractivity contribution in [2.24, 2.45) is 0 Å². The van der Waals surface area contributed by atoms with E-state index in [9.17, 15) is 5.11 Å². The van der Waals surface area contributed by atoms with Crippen molar-refractivity contribution in [3.63, 3.8) is 0 Å². The van der Waals surface area contributed by atoms with Crippen LogP contribution in [0.3, 0.4) is 0 Å². The van der Waals surface area contributed by atoms with Crippen LogP contribution >= 0.6 is 0 Å². The number of benzene rings is 1. The molecule has 1 atom stereocenters. The SMILES string of the molecule is CCC1(CC)CC(NCc2ccc(O)c(OC)c2)CCO1. The topological polar surface area (TPSA) is 50.7 Å². The van der Waals surface area contributed by atoms with Gasteiger partial charge >= 0.3 is 0 Å². The number of phenols is 1.